The Kier molecular flexibility index (Phi) is 9.64. The molecule has 3 unspecified atom stereocenters. The summed E-state index contributed by atoms with van der Waals surface area (Å²) in [6.07, 6.45) is -1.09. The second kappa shape index (κ2) is 13.5. The van der Waals surface area contributed by atoms with Gasteiger partial charge in [0.15, 0.2) is 11.6 Å². The average molecular weight is 657 g/mol. The zero-order valence-electron chi connectivity index (χ0n) is 26.5. The second-order valence-electron chi connectivity index (χ2n) is 12.6. The first-order valence-corrected chi connectivity index (χ1v) is 16.1. The van der Waals surface area contributed by atoms with Gasteiger partial charge in [0.2, 0.25) is 11.0 Å². The Labute approximate surface area is 276 Å². The van der Waals surface area contributed by atoms with Crippen molar-refractivity contribution in [2.45, 2.75) is 39.8 Å². The third-order valence-corrected chi connectivity index (χ3v) is 9.10. The summed E-state index contributed by atoms with van der Waals surface area (Å²) < 4.78 is 0. The summed E-state index contributed by atoms with van der Waals surface area (Å²) in [5, 5.41) is 15.0. The van der Waals surface area contributed by atoms with Crippen LogP contribution in [0.25, 0.3) is 0 Å². The molecule has 0 radical (unpaired) electrons. The lowest BCUT2D eigenvalue weighted by Gasteiger charge is -2.30. The van der Waals surface area contributed by atoms with Crippen LogP contribution in [0, 0.1) is 18.3 Å². The molecular weight excluding hydrogens is 620 g/mol. The van der Waals surface area contributed by atoms with Crippen LogP contribution in [0.5, 0.6) is 0 Å². The summed E-state index contributed by atoms with van der Waals surface area (Å²) in [7, 11) is 0. The van der Waals surface area contributed by atoms with Gasteiger partial charge >= 0.3 is 6.03 Å². The molecule has 4 amide bonds. The molecule has 2 aliphatic rings. The molecule has 3 aromatic rings. The Bertz CT molecular complexity index is 1770. The van der Waals surface area contributed by atoms with Gasteiger partial charge in [0.25, 0.3) is 5.91 Å². The van der Waals surface area contributed by atoms with Gasteiger partial charge in [0.05, 0.1) is 30.6 Å². The molecule has 47 heavy (non-hydrogen) atoms. The minimum Gasteiger partial charge on any atom is -0.391 e. The van der Waals surface area contributed by atoms with E-state index in [4.69, 9.17) is 0 Å². The highest BCUT2D eigenvalue weighted by Crippen LogP contribution is 2.36. The Morgan fingerprint density at radius 3 is 2.28 bits per heavy atom. The van der Waals surface area contributed by atoms with Gasteiger partial charge in [-0.15, -0.1) is 0 Å². The molecule has 3 atom stereocenters. The summed E-state index contributed by atoms with van der Waals surface area (Å²) >= 11 is 0.900. The standard InChI is InChI=1S/C35H36N4O7S/c1-20-10-5-6-13-23(20)27(40)18-38-25-14-7-8-15-26(25)39(33(45)35(2,3)4)17-24(31(38)43)37-34(46)36-22-12-9-11-21(16-22)30(42)29-28(41)19-47-32(29)44/h5-16,24,28-29,41H,17-19H2,1-4H3,(H2,36,37,46). The van der Waals surface area contributed by atoms with Gasteiger partial charge in [0, 0.05) is 28.0 Å². The van der Waals surface area contributed by atoms with E-state index in [9.17, 15) is 33.9 Å². The minimum absolute atomic E-state index is 0.131. The molecule has 3 N–H and O–H groups in total. The summed E-state index contributed by atoms with van der Waals surface area (Å²) in [5.41, 5.74) is 1.48. The normalized spacial score (nSPS) is 19.6. The number of carbonyl (C=O) groups excluding carboxylic acids is 6. The zero-order chi connectivity index (χ0) is 34.0. The number of rotatable bonds is 7. The highest BCUT2D eigenvalue weighted by Gasteiger charge is 2.41. The van der Waals surface area contributed by atoms with E-state index in [-0.39, 0.29) is 41.8 Å². The lowest BCUT2D eigenvalue weighted by atomic mass is 9.94. The Morgan fingerprint density at radius 2 is 1.62 bits per heavy atom. The Morgan fingerprint density at radius 1 is 0.936 bits per heavy atom. The lowest BCUT2D eigenvalue weighted by Crippen LogP contribution is -2.55. The topological polar surface area (TPSA) is 153 Å². The van der Waals surface area contributed by atoms with Crippen LogP contribution in [-0.4, -0.2) is 70.6 Å². The van der Waals surface area contributed by atoms with Crippen molar-refractivity contribution in [3.63, 3.8) is 0 Å². The number of carbonyl (C=O) groups is 6. The van der Waals surface area contributed by atoms with Crippen LogP contribution in [0.3, 0.4) is 0 Å². The van der Waals surface area contributed by atoms with E-state index in [2.05, 4.69) is 10.6 Å². The fourth-order valence-corrected chi connectivity index (χ4v) is 6.59. The van der Waals surface area contributed by atoms with Crippen molar-refractivity contribution >= 4 is 63.4 Å². The molecule has 2 aliphatic heterocycles. The molecule has 1 saturated heterocycles. The number of anilines is 3. The summed E-state index contributed by atoms with van der Waals surface area (Å²) in [5.74, 6) is -2.79. The van der Waals surface area contributed by atoms with Crippen molar-refractivity contribution < 1.29 is 33.9 Å². The number of aliphatic hydroxyl groups excluding tert-OH is 1. The molecule has 12 heteroatoms. The average Bonchev–Trinajstić information content (AvgIpc) is 3.32. The highest BCUT2D eigenvalue weighted by atomic mass is 32.2. The van der Waals surface area contributed by atoms with Crippen molar-refractivity contribution in [3.05, 3.63) is 89.5 Å². The number of aryl methyl sites for hydroxylation is 1. The fourth-order valence-electron chi connectivity index (χ4n) is 5.62. The van der Waals surface area contributed by atoms with Crippen LogP contribution >= 0.6 is 11.8 Å². The maximum absolute atomic E-state index is 14.2. The molecule has 11 nitrogen and oxygen atoms in total. The number of hydrogen-bond donors (Lipinski definition) is 3. The van der Waals surface area contributed by atoms with Gasteiger partial charge in [-0.25, -0.2) is 4.79 Å². The first-order chi connectivity index (χ1) is 22.3. The molecular formula is C35H36N4O7S. The van der Waals surface area contributed by atoms with Gasteiger partial charge in [0.1, 0.15) is 12.0 Å². The second-order valence-corrected chi connectivity index (χ2v) is 13.6. The number of urea groups is 1. The quantitative estimate of drug-likeness (QED) is 0.252. The predicted octanol–water partition coefficient (Wildman–Crippen LogP) is 4.23. The number of Topliss-reactive ketones (excluding diaryl/α,β-unsaturated/α-hetero) is 2. The van der Waals surface area contributed by atoms with Gasteiger partial charge < -0.3 is 25.5 Å². The maximum atomic E-state index is 14.2. The van der Waals surface area contributed by atoms with Crippen molar-refractivity contribution in [1.82, 2.24) is 5.32 Å². The minimum atomic E-state index is -1.26. The van der Waals surface area contributed by atoms with E-state index in [0.717, 1.165) is 17.3 Å². The monoisotopic (exact) mass is 656 g/mol. The maximum Gasteiger partial charge on any atom is 0.319 e. The lowest BCUT2D eigenvalue weighted by molar-refractivity contribution is -0.126. The molecule has 0 spiro atoms. The Hall–Kier alpha value is -4.81. The van der Waals surface area contributed by atoms with E-state index < -0.39 is 46.3 Å². The van der Waals surface area contributed by atoms with E-state index in [1.807, 2.05) is 6.07 Å². The number of nitrogens with zero attached hydrogens (tertiary/aromatic N) is 2. The number of amides is 4. The molecule has 0 bridgehead atoms. The van der Waals surface area contributed by atoms with Crippen LogP contribution in [-0.2, 0) is 14.4 Å². The van der Waals surface area contributed by atoms with Gasteiger partial charge in [-0.1, -0.05) is 81.1 Å². The largest absolute Gasteiger partial charge is 0.391 e. The smallest absolute Gasteiger partial charge is 0.319 e. The fraction of sp³-hybridized carbons (Fsp3) is 0.314. The summed E-state index contributed by atoms with van der Waals surface area (Å²) in [4.78, 5) is 82.8. The SMILES string of the molecule is Cc1ccccc1C(=O)CN1C(=O)C(NC(=O)Nc2cccc(C(=O)C3C(=O)SCC3O)c2)CN(C(=O)C(C)(C)C)c2ccccc21. The number of thioether (sulfide) groups is 1. The van der Waals surface area contributed by atoms with Gasteiger partial charge in [-0.2, -0.15) is 0 Å². The highest BCUT2D eigenvalue weighted by molar-refractivity contribution is 8.14. The molecule has 3 aromatic carbocycles. The number of benzene rings is 3. The molecule has 244 valence electrons. The first-order valence-electron chi connectivity index (χ1n) is 15.1. The number of aliphatic hydroxyl groups is 1. The molecule has 5 rings (SSSR count). The van der Waals surface area contributed by atoms with Crippen molar-refractivity contribution in [2.75, 3.05) is 34.0 Å². The molecule has 1 fully saturated rings. The van der Waals surface area contributed by atoms with E-state index in [1.165, 1.54) is 34.1 Å². The number of nitrogens with one attached hydrogen (secondary N) is 2. The van der Waals surface area contributed by atoms with Crippen molar-refractivity contribution in [3.8, 4) is 0 Å². The van der Waals surface area contributed by atoms with E-state index >= 15 is 0 Å². The Balaban J connectivity index is 1.43. The van der Waals surface area contributed by atoms with Crippen LogP contribution < -0.4 is 20.4 Å². The van der Waals surface area contributed by atoms with Crippen LogP contribution in [0.15, 0.2) is 72.8 Å². The van der Waals surface area contributed by atoms with Crippen LogP contribution in [0.1, 0.15) is 47.1 Å². The number of ketones is 2. The van der Waals surface area contributed by atoms with Gasteiger partial charge in [-0.3, -0.25) is 24.0 Å². The summed E-state index contributed by atoms with van der Waals surface area (Å²) in [6, 6.07) is 17.7. The zero-order valence-corrected chi connectivity index (χ0v) is 27.3. The molecule has 0 saturated carbocycles. The van der Waals surface area contributed by atoms with Gasteiger partial charge in [-0.05, 0) is 36.8 Å². The third kappa shape index (κ3) is 7.13. The number of hydrogen-bond acceptors (Lipinski definition) is 8. The first kappa shape index (κ1) is 33.6. The predicted molar refractivity (Wildman–Crippen MR) is 180 cm³/mol. The van der Waals surface area contributed by atoms with E-state index in [1.54, 1.807) is 70.2 Å². The molecule has 0 aromatic heterocycles. The summed E-state index contributed by atoms with van der Waals surface area (Å²) in [6.45, 7) is 6.54. The van der Waals surface area contributed by atoms with E-state index in [0.29, 0.717) is 16.9 Å². The van der Waals surface area contributed by atoms with Crippen molar-refractivity contribution in [1.29, 1.82) is 0 Å². The van der Waals surface area contributed by atoms with Crippen LogP contribution in [0.2, 0.25) is 0 Å². The molecule has 2 heterocycles. The van der Waals surface area contributed by atoms with Crippen molar-refractivity contribution in [2.24, 2.45) is 11.3 Å². The third-order valence-electron chi connectivity index (χ3n) is 8.05. The molecule has 0 aliphatic carbocycles. The van der Waals surface area contributed by atoms with Crippen LogP contribution in [0.4, 0.5) is 21.9 Å². The number of para-hydroxylation sites is 2. The number of fused-ring (bicyclic) bond motifs is 1.